The Morgan fingerprint density at radius 2 is 2.15 bits per heavy atom. The SMILES string of the molecule is CCC1CCc2nc3sc(C(=O)NCc4ccccc4)c(N)c3cc2C1. The maximum atomic E-state index is 12.6. The van der Waals surface area contributed by atoms with E-state index in [2.05, 4.69) is 18.3 Å². The van der Waals surface area contributed by atoms with Crippen LogP contribution in [0.15, 0.2) is 36.4 Å². The summed E-state index contributed by atoms with van der Waals surface area (Å²) >= 11 is 1.40. The van der Waals surface area contributed by atoms with Gasteiger partial charge >= 0.3 is 0 Å². The van der Waals surface area contributed by atoms with Crippen LogP contribution in [0.4, 0.5) is 5.69 Å². The number of aromatic nitrogens is 1. The van der Waals surface area contributed by atoms with Gasteiger partial charge in [-0.3, -0.25) is 4.79 Å². The van der Waals surface area contributed by atoms with Gasteiger partial charge in [0.05, 0.1) is 5.69 Å². The molecule has 5 heteroatoms. The summed E-state index contributed by atoms with van der Waals surface area (Å²) in [5.41, 5.74) is 10.4. The monoisotopic (exact) mass is 365 g/mol. The minimum atomic E-state index is -0.126. The summed E-state index contributed by atoms with van der Waals surface area (Å²) in [7, 11) is 0. The van der Waals surface area contributed by atoms with E-state index in [1.54, 1.807) is 0 Å². The number of fused-ring (bicyclic) bond motifs is 2. The number of thiophene rings is 1. The summed E-state index contributed by atoms with van der Waals surface area (Å²) in [6.07, 6.45) is 4.49. The lowest BCUT2D eigenvalue weighted by molar-refractivity contribution is 0.0956. The summed E-state index contributed by atoms with van der Waals surface area (Å²) in [6, 6.07) is 12.0. The Morgan fingerprint density at radius 1 is 1.35 bits per heavy atom. The van der Waals surface area contributed by atoms with Crippen LogP contribution in [0.2, 0.25) is 0 Å². The number of nitrogens with zero attached hydrogens (tertiary/aromatic N) is 1. The first-order valence-electron chi connectivity index (χ1n) is 9.18. The first-order chi connectivity index (χ1) is 12.7. The van der Waals surface area contributed by atoms with Gasteiger partial charge in [0.25, 0.3) is 5.91 Å². The van der Waals surface area contributed by atoms with E-state index in [0.29, 0.717) is 17.1 Å². The van der Waals surface area contributed by atoms with Crippen LogP contribution in [0.3, 0.4) is 0 Å². The largest absolute Gasteiger partial charge is 0.397 e. The van der Waals surface area contributed by atoms with Crippen LogP contribution in [-0.4, -0.2) is 10.9 Å². The molecule has 1 aliphatic rings. The van der Waals surface area contributed by atoms with Crippen molar-refractivity contribution < 1.29 is 4.79 Å². The third kappa shape index (κ3) is 3.19. The van der Waals surface area contributed by atoms with Gasteiger partial charge in [-0.2, -0.15) is 0 Å². The fourth-order valence-corrected chi connectivity index (χ4v) is 4.65. The van der Waals surface area contributed by atoms with Crippen molar-refractivity contribution in [3.63, 3.8) is 0 Å². The number of hydrogen-bond donors (Lipinski definition) is 2. The maximum absolute atomic E-state index is 12.6. The van der Waals surface area contributed by atoms with Crippen LogP contribution < -0.4 is 11.1 Å². The Balaban J connectivity index is 1.60. The highest BCUT2D eigenvalue weighted by molar-refractivity contribution is 7.21. The van der Waals surface area contributed by atoms with Crippen molar-refractivity contribution in [2.75, 3.05) is 5.73 Å². The number of anilines is 1. The topological polar surface area (TPSA) is 68.0 Å². The molecule has 4 rings (SSSR count). The summed E-state index contributed by atoms with van der Waals surface area (Å²) in [4.78, 5) is 18.9. The second-order valence-corrected chi connectivity index (χ2v) is 7.98. The Hall–Kier alpha value is -2.40. The molecule has 1 aliphatic carbocycles. The van der Waals surface area contributed by atoms with Crippen molar-refractivity contribution in [2.45, 2.75) is 39.2 Å². The molecule has 0 aliphatic heterocycles. The molecule has 26 heavy (non-hydrogen) atoms. The van der Waals surface area contributed by atoms with E-state index in [4.69, 9.17) is 10.7 Å². The van der Waals surface area contributed by atoms with Gasteiger partial charge in [-0.1, -0.05) is 43.7 Å². The molecule has 3 aromatic rings. The Morgan fingerprint density at radius 3 is 2.92 bits per heavy atom. The predicted molar refractivity (Wildman–Crippen MR) is 107 cm³/mol. The number of nitrogens with two attached hydrogens (primary N) is 1. The molecular weight excluding hydrogens is 342 g/mol. The number of rotatable bonds is 4. The highest BCUT2D eigenvalue weighted by Gasteiger charge is 2.23. The summed E-state index contributed by atoms with van der Waals surface area (Å²) in [6.45, 7) is 2.74. The molecular formula is C21H23N3OS. The summed E-state index contributed by atoms with van der Waals surface area (Å²) in [5, 5.41) is 3.89. The molecule has 2 heterocycles. The third-order valence-corrected chi connectivity index (χ3v) is 6.38. The highest BCUT2D eigenvalue weighted by Crippen LogP contribution is 2.36. The normalized spacial score (nSPS) is 16.4. The van der Waals surface area contributed by atoms with Crippen LogP contribution in [0.5, 0.6) is 0 Å². The van der Waals surface area contributed by atoms with Gasteiger partial charge in [0.1, 0.15) is 9.71 Å². The van der Waals surface area contributed by atoms with Gasteiger partial charge in [0, 0.05) is 17.6 Å². The number of amides is 1. The average molecular weight is 366 g/mol. The number of aryl methyl sites for hydroxylation is 1. The van der Waals surface area contributed by atoms with Gasteiger partial charge in [0.2, 0.25) is 0 Å². The Kier molecular flexibility index (Phi) is 4.64. The standard InChI is InChI=1S/C21H23N3OS/c1-2-13-8-9-17-15(10-13)11-16-18(22)19(26-21(16)24-17)20(25)23-12-14-6-4-3-5-7-14/h3-7,11,13H,2,8-10,12,22H2,1H3,(H,23,25). The number of hydrogen-bond acceptors (Lipinski definition) is 4. The van der Waals surface area contributed by atoms with Crippen molar-refractivity contribution in [1.29, 1.82) is 0 Å². The lowest BCUT2D eigenvalue weighted by Crippen LogP contribution is -2.22. The molecule has 0 spiro atoms. The molecule has 0 radical (unpaired) electrons. The number of pyridine rings is 1. The van der Waals surface area contributed by atoms with E-state index in [-0.39, 0.29) is 5.91 Å². The van der Waals surface area contributed by atoms with Crippen molar-refractivity contribution in [3.8, 4) is 0 Å². The lowest BCUT2D eigenvalue weighted by Gasteiger charge is -2.22. The molecule has 3 N–H and O–H groups in total. The molecule has 134 valence electrons. The molecule has 0 bridgehead atoms. The summed E-state index contributed by atoms with van der Waals surface area (Å²) in [5.74, 6) is 0.606. The molecule has 1 atom stereocenters. The minimum absolute atomic E-state index is 0.126. The number of carbonyl (C=O) groups excluding carboxylic acids is 1. The minimum Gasteiger partial charge on any atom is -0.397 e. The summed E-state index contributed by atoms with van der Waals surface area (Å²) < 4.78 is 0. The van der Waals surface area contributed by atoms with E-state index in [1.165, 1.54) is 35.4 Å². The lowest BCUT2D eigenvalue weighted by atomic mass is 9.85. The second kappa shape index (κ2) is 7.08. The molecule has 1 aromatic carbocycles. The molecule has 1 unspecified atom stereocenters. The molecule has 1 amide bonds. The van der Waals surface area contributed by atoms with Crippen molar-refractivity contribution in [2.24, 2.45) is 5.92 Å². The number of benzene rings is 1. The molecule has 0 saturated carbocycles. The zero-order valence-electron chi connectivity index (χ0n) is 14.9. The fraction of sp³-hybridized carbons (Fsp3) is 0.333. The van der Waals surface area contributed by atoms with Crippen LogP contribution in [0, 0.1) is 5.92 Å². The third-order valence-electron chi connectivity index (χ3n) is 5.27. The number of nitrogen functional groups attached to an aromatic ring is 1. The number of nitrogens with one attached hydrogen (secondary N) is 1. The van der Waals surface area contributed by atoms with Crippen molar-refractivity contribution >= 4 is 33.1 Å². The molecule has 4 nitrogen and oxygen atoms in total. The predicted octanol–water partition coefficient (Wildman–Crippen LogP) is 4.32. The quantitative estimate of drug-likeness (QED) is 0.723. The average Bonchev–Trinajstić information content (AvgIpc) is 3.00. The van der Waals surface area contributed by atoms with Gasteiger partial charge in [-0.15, -0.1) is 11.3 Å². The van der Waals surface area contributed by atoms with E-state index in [0.717, 1.165) is 34.5 Å². The van der Waals surface area contributed by atoms with Crippen LogP contribution in [0.1, 0.15) is 46.3 Å². The molecule has 0 fully saturated rings. The highest BCUT2D eigenvalue weighted by atomic mass is 32.1. The Labute approximate surface area is 157 Å². The zero-order valence-corrected chi connectivity index (χ0v) is 15.7. The van der Waals surface area contributed by atoms with Crippen LogP contribution >= 0.6 is 11.3 Å². The zero-order chi connectivity index (χ0) is 18.1. The number of carbonyl (C=O) groups is 1. The van der Waals surface area contributed by atoms with Gasteiger partial charge in [-0.05, 0) is 42.4 Å². The Bertz CT molecular complexity index is 949. The van der Waals surface area contributed by atoms with E-state index in [9.17, 15) is 4.79 Å². The van der Waals surface area contributed by atoms with Crippen molar-refractivity contribution in [1.82, 2.24) is 10.3 Å². The fourth-order valence-electron chi connectivity index (χ4n) is 3.64. The maximum Gasteiger partial charge on any atom is 0.263 e. The first kappa shape index (κ1) is 17.0. The van der Waals surface area contributed by atoms with Gasteiger partial charge in [-0.25, -0.2) is 4.98 Å². The van der Waals surface area contributed by atoms with E-state index < -0.39 is 0 Å². The smallest absolute Gasteiger partial charge is 0.263 e. The van der Waals surface area contributed by atoms with Crippen LogP contribution in [0.25, 0.3) is 10.2 Å². The first-order valence-corrected chi connectivity index (χ1v) is 10.00. The van der Waals surface area contributed by atoms with Gasteiger partial charge < -0.3 is 11.1 Å². The molecule has 0 saturated heterocycles. The molecule has 2 aromatic heterocycles. The van der Waals surface area contributed by atoms with E-state index in [1.807, 2.05) is 30.3 Å². The van der Waals surface area contributed by atoms with Crippen LogP contribution in [-0.2, 0) is 19.4 Å². The van der Waals surface area contributed by atoms with Crippen molar-refractivity contribution in [3.05, 3.63) is 58.1 Å². The van der Waals surface area contributed by atoms with Gasteiger partial charge in [0.15, 0.2) is 0 Å². The second-order valence-electron chi connectivity index (χ2n) is 6.98. The van der Waals surface area contributed by atoms with E-state index >= 15 is 0 Å².